The lowest BCUT2D eigenvalue weighted by Gasteiger charge is -2.31. The molecule has 2 heterocycles. The molecule has 0 spiro atoms. The van der Waals surface area contributed by atoms with Crippen molar-refractivity contribution in [2.75, 3.05) is 0 Å². The van der Waals surface area contributed by atoms with Crippen LogP contribution in [0.15, 0.2) is 54.9 Å². The van der Waals surface area contributed by atoms with Gasteiger partial charge in [0.15, 0.2) is 0 Å². The van der Waals surface area contributed by atoms with E-state index in [-0.39, 0.29) is 18.0 Å². The number of hydrogen-bond donors (Lipinski definition) is 3. The number of hydroxylamine groups is 1. The van der Waals surface area contributed by atoms with Gasteiger partial charge < -0.3 is 5.32 Å². The molecule has 1 fully saturated rings. The molecule has 1 aromatic carbocycles. The Morgan fingerprint density at radius 3 is 2.76 bits per heavy atom. The molecular weight excluding hydrogens is 366 g/mol. The summed E-state index contributed by atoms with van der Waals surface area (Å²) in [6, 6.07) is 13.7. The van der Waals surface area contributed by atoms with Crippen molar-refractivity contribution in [1.82, 2.24) is 20.8 Å². The van der Waals surface area contributed by atoms with Crippen molar-refractivity contribution in [2.24, 2.45) is 5.90 Å². The van der Waals surface area contributed by atoms with E-state index in [1.165, 1.54) is 0 Å². The smallest absolute Gasteiger partial charge is 0.270 e. The minimum absolute atomic E-state index is 0.00646. The van der Waals surface area contributed by atoms with Gasteiger partial charge in [0.05, 0.1) is 11.6 Å². The van der Waals surface area contributed by atoms with E-state index in [1.807, 2.05) is 48.7 Å². The lowest BCUT2D eigenvalue weighted by molar-refractivity contribution is -0.00283. The largest absolute Gasteiger partial charge is 0.346 e. The van der Waals surface area contributed by atoms with Gasteiger partial charge >= 0.3 is 0 Å². The van der Waals surface area contributed by atoms with E-state index in [0.717, 1.165) is 47.7 Å². The van der Waals surface area contributed by atoms with Gasteiger partial charge in [-0.3, -0.25) is 9.78 Å². The number of nitrogens with one attached hydrogen (secondary N) is 2. The van der Waals surface area contributed by atoms with Crippen molar-refractivity contribution in [3.05, 3.63) is 71.7 Å². The van der Waals surface area contributed by atoms with Crippen LogP contribution in [0.4, 0.5) is 0 Å². The van der Waals surface area contributed by atoms with Crippen LogP contribution in [0.2, 0.25) is 0 Å². The SMILES string of the molecule is NON[C@H]1CCCC[C@@H]1NC(=O)c1cc(Cc2cccnc2)c2ccccc2n1. The summed E-state index contributed by atoms with van der Waals surface area (Å²) >= 11 is 0. The molecule has 4 rings (SSSR count). The number of para-hydroxylation sites is 1. The van der Waals surface area contributed by atoms with Gasteiger partial charge in [-0.05, 0) is 48.6 Å². The topological polar surface area (TPSA) is 102 Å². The molecule has 29 heavy (non-hydrogen) atoms. The fourth-order valence-corrected chi connectivity index (χ4v) is 4.01. The third-order valence-corrected chi connectivity index (χ3v) is 5.45. The second kappa shape index (κ2) is 9.09. The van der Waals surface area contributed by atoms with Gasteiger partial charge in [0.25, 0.3) is 5.91 Å². The molecular formula is C22H25N5O2. The Balaban J connectivity index is 1.62. The average Bonchev–Trinajstić information content (AvgIpc) is 2.76. The summed E-state index contributed by atoms with van der Waals surface area (Å²) in [5, 5.41) is 4.16. The Morgan fingerprint density at radius 2 is 1.97 bits per heavy atom. The maximum atomic E-state index is 13.0. The summed E-state index contributed by atoms with van der Waals surface area (Å²) in [4.78, 5) is 26.5. The van der Waals surface area contributed by atoms with E-state index in [0.29, 0.717) is 12.1 Å². The maximum absolute atomic E-state index is 13.0. The van der Waals surface area contributed by atoms with E-state index in [9.17, 15) is 4.79 Å². The average molecular weight is 391 g/mol. The molecule has 1 aliphatic carbocycles. The minimum Gasteiger partial charge on any atom is -0.346 e. The van der Waals surface area contributed by atoms with Crippen LogP contribution < -0.4 is 16.7 Å². The minimum atomic E-state index is -0.182. The Morgan fingerprint density at radius 1 is 1.14 bits per heavy atom. The number of carbonyl (C=O) groups is 1. The van der Waals surface area contributed by atoms with Crippen LogP contribution in [0.25, 0.3) is 10.9 Å². The fourth-order valence-electron chi connectivity index (χ4n) is 4.01. The number of nitrogens with zero attached hydrogens (tertiary/aromatic N) is 2. The van der Waals surface area contributed by atoms with Crippen LogP contribution in [0, 0.1) is 0 Å². The highest BCUT2D eigenvalue weighted by molar-refractivity contribution is 5.96. The molecule has 150 valence electrons. The molecule has 2 aromatic heterocycles. The Labute approximate surface area is 169 Å². The fraction of sp³-hybridized carbons (Fsp3) is 0.318. The van der Waals surface area contributed by atoms with E-state index in [2.05, 4.69) is 25.7 Å². The summed E-state index contributed by atoms with van der Waals surface area (Å²) in [6.45, 7) is 0. The number of nitrogens with two attached hydrogens (primary N) is 1. The number of pyridine rings is 2. The summed E-state index contributed by atoms with van der Waals surface area (Å²) in [5.74, 6) is 5.00. The molecule has 0 saturated heterocycles. The predicted molar refractivity (Wildman–Crippen MR) is 111 cm³/mol. The van der Waals surface area contributed by atoms with Crippen molar-refractivity contribution < 1.29 is 9.73 Å². The summed E-state index contributed by atoms with van der Waals surface area (Å²) < 4.78 is 0. The number of aromatic nitrogens is 2. The number of carbonyl (C=O) groups excluding carboxylic acids is 1. The van der Waals surface area contributed by atoms with E-state index in [1.54, 1.807) is 6.20 Å². The second-order valence-electron chi connectivity index (χ2n) is 7.43. The van der Waals surface area contributed by atoms with Gasteiger partial charge in [-0.25, -0.2) is 9.92 Å². The van der Waals surface area contributed by atoms with Crippen LogP contribution in [0.5, 0.6) is 0 Å². The lowest BCUT2D eigenvalue weighted by Crippen LogP contribution is -2.52. The highest BCUT2D eigenvalue weighted by Crippen LogP contribution is 2.23. The molecule has 7 heteroatoms. The van der Waals surface area contributed by atoms with Gasteiger partial charge in [0, 0.05) is 23.8 Å². The molecule has 1 amide bonds. The Bertz CT molecular complexity index is 977. The van der Waals surface area contributed by atoms with Crippen LogP contribution in [-0.2, 0) is 11.4 Å². The highest BCUT2D eigenvalue weighted by atomic mass is 16.8. The van der Waals surface area contributed by atoms with Gasteiger partial charge in [-0.1, -0.05) is 37.1 Å². The molecule has 7 nitrogen and oxygen atoms in total. The van der Waals surface area contributed by atoms with Crippen LogP contribution in [-0.4, -0.2) is 28.0 Å². The Hall–Kier alpha value is -2.87. The number of amides is 1. The standard InChI is InChI=1S/C22H25N5O2/c23-29-27-20-10-4-3-9-19(20)26-22(28)21-13-16(12-15-6-5-11-24-14-15)17-7-1-2-8-18(17)25-21/h1-2,5-8,11,13-14,19-20,27H,3-4,9-10,12,23H2,(H,26,28)/t19-,20-/m0/s1. The third-order valence-electron chi connectivity index (χ3n) is 5.45. The van der Waals surface area contributed by atoms with E-state index in [4.69, 9.17) is 5.90 Å². The van der Waals surface area contributed by atoms with Crippen molar-refractivity contribution in [1.29, 1.82) is 0 Å². The van der Waals surface area contributed by atoms with Gasteiger partial charge in [-0.15, -0.1) is 0 Å². The zero-order chi connectivity index (χ0) is 20.1. The van der Waals surface area contributed by atoms with Gasteiger partial charge in [0.1, 0.15) is 5.69 Å². The lowest BCUT2D eigenvalue weighted by atomic mass is 9.90. The van der Waals surface area contributed by atoms with Crippen molar-refractivity contribution in [2.45, 2.75) is 44.2 Å². The molecule has 0 radical (unpaired) electrons. The first kappa shape index (κ1) is 19.4. The molecule has 1 saturated carbocycles. The first-order chi connectivity index (χ1) is 14.2. The van der Waals surface area contributed by atoms with Crippen LogP contribution in [0.3, 0.4) is 0 Å². The quantitative estimate of drug-likeness (QED) is 0.559. The zero-order valence-corrected chi connectivity index (χ0v) is 16.2. The van der Waals surface area contributed by atoms with E-state index >= 15 is 0 Å². The molecule has 3 aromatic rings. The number of fused-ring (bicyclic) bond motifs is 1. The normalized spacial score (nSPS) is 19.2. The molecule has 0 aliphatic heterocycles. The molecule has 0 bridgehead atoms. The third kappa shape index (κ3) is 4.59. The van der Waals surface area contributed by atoms with Crippen LogP contribution >= 0.6 is 0 Å². The first-order valence-corrected chi connectivity index (χ1v) is 9.94. The molecule has 2 atom stereocenters. The first-order valence-electron chi connectivity index (χ1n) is 9.94. The molecule has 0 unspecified atom stereocenters. The molecule has 1 aliphatic rings. The van der Waals surface area contributed by atoms with Crippen molar-refractivity contribution in [3.8, 4) is 0 Å². The van der Waals surface area contributed by atoms with Crippen molar-refractivity contribution in [3.63, 3.8) is 0 Å². The highest BCUT2D eigenvalue weighted by Gasteiger charge is 2.27. The number of benzene rings is 1. The summed E-state index contributed by atoms with van der Waals surface area (Å²) in [6.07, 6.45) is 8.21. The van der Waals surface area contributed by atoms with Gasteiger partial charge in [-0.2, -0.15) is 11.4 Å². The number of rotatable bonds is 6. The maximum Gasteiger partial charge on any atom is 0.270 e. The second-order valence-corrected chi connectivity index (χ2v) is 7.43. The summed E-state index contributed by atoms with van der Waals surface area (Å²) in [5.41, 5.74) is 6.17. The predicted octanol–water partition coefficient (Wildman–Crippen LogP) is 2.66. The summed E-state index contributed by atoms with van der Waals surface area (Å²) in [7, 11) is 0. The molecule has 4 N–H and O–H groups in total. The van der Waals surface area contributed by atoms with Crippen LogP contribution in [0.1, 0.15) is 47.3 Å². The van der Waals surface area contributed by atoms with E-state index < -0.39 is 0 Å². The Kier molecular flexibility index (Phi) is 6.09. The number of hydrogen-bond acceptors (Lipinski definition) is 6. The van der Waals surface area contributed by atoms with Gasteiger partial charge in [0.2, 0.25) is 0 Å². The zero-order valence-electron chi connectivity index (χ0n) is 16.2. The monoisotopic (exact) mass is 391 g/mol. The van der Waals surface area contributed by atoms with Crippen molar-refractivity contribution >= 4 is 16.8 Å².